The number of aliphatic hydroxyl groups excluding tert-OH is 2. The van der Waals surface area contributed by atoms with E-state index in [9.17, 15) is 19.8 Å². The van der Waals surface area contributed by atoms with E-state index in [-0.39, 0.29) is 18.5 Å². The molecule has 0 aromatic rings. The van der Waals surface area contributed by atoms with Gasteiger partial charge in [-0.2, -0.15) is 0 Å². The highest BCUT2D eigenvalue weighted by Crippen LogP contribution is 2.17. The number of allylic oxidation sites excluding steroid dienone is 3. The first-order valence-electron chi connectivity index (χ1n) is 27.6. The molecule has 366 valence electrons. The highest BCUT2D eigenvalue weighted by molar-refractivity contribution is 5.76. The van der Waals surface area contributed by atoms with Gasteiger partial charge in [-0.05, 0) is 51.4 Å². The third kappa shape index (κ3) is 47.8. The average Bonchev–Trinajstić information content (AvgIpc) is 3.27. The van der Waals surface area contributed by atoms with Crippen LogP contribution in [0.4, 0.5) is 0 Å². The average molecular weight is 874 g/mol. The molecule has 2 atom stereocenters. The van der Waals surface area contributed by atoms with E-state index in [1.807, 2.05) is 6.08 Å². The van der Waals surface area contributed by atoms with Crippen molar-refractivity contribution in [2.75, 3.05) is 13.2 Å². The van der Waals surface area contributed by atoms with E-state index < -0.39 is 12.1 Å². The first-order chi connectivity index (χ1) is 30.5. The molecule has 6 nitrogen and oxygen atoms in total. The number of nitrogens with one attached hydrogen (secondary N) is 1. The number of aliphatic hydroxyl groups is 2. The number of hydrogen-bond acceptors (Lipinski definition) is 5. The quantitative estimate of drug-likeness (QED) is 0.0321. The summed E-state index contributed by atoms with van der Waals surface area (Å²) in [6.45, 7) is 4.84. The summed E-state index contributed by atoms with van der Waals surface area (Å²) in [6, 6.07) is -0.640. The standard InChI is InChI=1S/C56H107NO5/c1-3-5-7-9-11-13-15-16-17-18-19-20-21-22-23-24-25-29-32-36-40-44-48-54(59)53(52-58)57-55(60)49-45-41-37-33-30-26-27-31-35-39-43-47-51-62-56(61)50-46-42-38-34-28-14-12-10-8-6-4-2/h10,12,44,48,53-54,58-59H,3-9,11,13-43,45-47,49-52H2,1-2H3,(H,57,60)/b12-10-,48-44+. The van der Waals surface area contributed by atoms with Crippen molar-refractivity contribution in [3.8, 4) is 0 Å². The number of amides is 1. The lowest BCUT2D eigenvalue weighted by Crippen LogP contribution is -2.45. The van der Waals surface area contributed by atoms with Crippen LogP contribution in [0.5, 0.6) is 0 Å². The van der Waals surface area contributed by atoms with Gasteiger partial charge in [0.2, 0.25) is 5.91 Å². The molecular formula is C56H107NO5. The van der Waals surface area contributed by atoms with Crippen LogP contribution in [-0.2, 0) is 14.3 Å². The number of unbranched alkanes of at least 4 members (excludes halogenated alkanes) is 38. The maximum Gasteiger partial charge on any atom is 0.305 e. The Hall–Kier alpha value is -1.66. The van der Waals surface area contributed by atoms with E-state index in [1.165, 1.54) is 212 Å². The molecular weight excluding hydrogens is 767 g/mol. The van der Waals surface area contributed by atoms with Gasteiger partial charge in [-0.25, -0.2) is 0 Å². The van der Waals surface area contributed by atoms with Crippen molar-refractivity contribution in [3.05, 3.63) is 24.3 Å². The summed E-state index contributed by atoms with van der Waals surface area (Å²) in [7, 11) is 0. The zero-order chi connectivity index (χ0) is 45.1. The molecule has 0 rings (SSSR count). The number of rotatable bonds is 51. The van der Waals surface area contributed by atoms with E-state index in [4.69, 9.17) is 4.74 Å². The largest absolute Gasteiger partial charge is 0.466 e. The SMILES string of the molecule is CCCC/C=C\CCCCCCCC(=O)OCCCCCCCCCCCCCCC(=O)NC(CO)C(O)/C=C/CCCCCCCCCCCCCCCCCCCCCC. The van der Waals surface area contributed by atoms with Crippen LogP contribution < -0.4 is 5.32 Å². The summed E-state index contributed by atoms with van der Waals surface area (Å²) in [5.41, 5.74) is 0. The van der Waals surface area contributed by atoms with Gasteiger partial charge in [0.05, 0.1) is 25.4 Å². The van der Waals surface area contributed by atoms with E-state index in [2.05, 4.69) is 31.3 Å². The molecule has 3 N–H and O–H groups in total. The molecule has 0 aliphatic heterocycles. The number of esters is 1. The molecule has 0 spiro atoms. The fourth-order valence-corrected chi connectivity index (χ4v) is 8.44. The van der Waals surface area contributed by atoms with Gasteiger partial charge in [-0.1, -0.05) is 256 Å². The van der Waals surface area contributed by atoms with Crippen LogP contribution in [0.1, 0.15) is 296 Å². The minimum atomic E-state index is -0.855. The van der Waals surface area contributed by atoms with Crippen molar-refractivity contribution in [1.29, 1.82) is 0 Å². The fraction of sp³-hybridized carbons (Fsp3) is 0.893. The zero-order valence-electron chi connectivity index (χ0n) is 41.6. The van der Waals surface area contributed by atoms with Gasteiger partial charge in [0, 0.05) is 12.8 Å². The van der Waals surface area contributed by atoms with Crippen molar-refractivity contribution in [1.82, 2.24) is 5.32 Å². The highest BCUT2D eigenvalue weighted by atomic mass is 16.5. The Bertz CT molecular complexity index is 966. The Kier molecular flexibility index (Phi) is 50.6. The molecule has 1 amide bonds. The second-order valence-electron chi connectivity index (χ2n) is 18.9. The molecule has 0 aliphatic carbocycles. The fourth-order valence-electron chi connectivity index (χ4n) is 8.44. The molecule has 0 saturated carbocycles. The Balaban J connectivity index is 3.50. The van der Waals surface area contributed by atoms with Crippen LogP contribution in [0, 0.1) is 0 Å². The molecule has 62 heavy (non-hydrogen) atoms. The summed E-state index contributed by atoms with van der Waals surface area (Å²) < 4.78 is 5.44. The maximum absolute atomic E-state index is 12.5. The van der Waals surface area contributed by atoms with Crippen LogP contribution in [-0.4, -0.2) is 47.4 Å². The molecule has 0 bridgehead atoms. The Labute approximate surface area is 386 Å². The lowest BCUT2D eigenvalue weighted by Gasteiger charge is -2.20. The topological polar surface area (TPSA) is 95.9 Å². The smallest absolute Gasteiger partial charge is 0.305 e. The number of ether oxygens (including phenoxy) is 1. The summed E-state index contributed by atoms with van der Waals surface area (Å²) in [4.78, 5) is 24.4. The van der Waals surface area contributed by atoms with Gasteiger partial charge >= 0.3 is 5.97 Å². The summed E-state index contributed by atoms with van der Waals surface area (Å²) in [5, 5.41) is 23.1. The molecule has 0 aromatic heterocycles. The molecule has 6 heteroatoms. The van der Waals surface area contributed by atoms with Crippen molar-refractivity contribution < 1.29 is 24.5 Å². The van der Waals surface area contributed by atoms with E-state index in [0.717, 1.165) is 57.8 Å². The minimum Gasteiger partial charge on any atom is -0.466 e. The molecule has 0 radical (unpaired) electrons. The van der Waals surface area contributed by atoms with Gasteiger partial charge < -0.3 is 20.3 Å². The van der Waals surface area contributed by atoms with Gasteiger partial charge in [0.1, 0.15) is 0 Å². The Morgan fingerprint density at radius 2 is 0.774 bits per heavy atom. The van der Waals surface area contributed by atoms with Gasteiger partial charge in [-0.3, -0.25) is 9.59 Å². The second-order valence-corrected chi connectivity index (χ2v) is 18.9. The van der Waals surface area contributed by atoms with E-state index in [0.29, 0.717) is 19.4 Å². The summed E-state index contributed by atoms with van der Waals surface area (Å²) in [5.74, 6) is -0.103. The van der Waals surface area contributed by atoms with E-state index in [1.54, 1.807) is 6.08 Å². The second kappa shape index (κ2) is 52.0. The van der Waals surface area contributed by atoms with Crippen molar-refractivity contribution in [2.45, 2.75) is 309 Å². The predicted molar refractivity (Wildman–Crippen MR) is 269 cm³/mol. The highest BCUT2D eigenvalue weighted by Gasteiger charge is 2.18. The molecule has 0 aromatic carbocycles. The van der Waals surface area contributed by atoms with Crippen LogP contribution >= 0.6 is 0 Å². The third-order valence-electron chi connectivity index (χ3n) is 12.7. The van der Waals surface area contributed by atoms with Crippen LogP contribution in [0.25, 0.3) is 0 Å². The maximum atomic E-state index is 12.5. The zero-order valence-corrected chi connectivity index (χ0v) is 41.6. The Morgan fingerprint density at radius 1 is 0.435 bits per heavy atom. The van der Waals surface area contributed by atoms with Crippen LogP contribution in [0.2, 0.25) is 0 Å². The van der Waals surface area contributed by atoms with Crippen molar-refractivity contribution >= 4 is 11.9 Å². The normalized spacial score (nSPS) is 12.8. The first kappa shape index (κ1) is 60.3. The van der Waals surface area contributed by atoms with Gasteiger partial charge in [0.15, 0.2) is 0 Å². The van der Waals surface area contributed by atoms with Gasteiger partial charge in [-0.15, -0.1) is 0 Å². The minimum absolute atomic E-state index is 0.0216. The van der Waals surface area contributed by atoms with Crippen molar-refractivity contribution in [2.24, 2.45) is 0 Å². The predicted octanol–water partition coefficient (Wildman–Crippen LogP) is 16.7. The molecule has 0 heterocycles. The lowest BCUT2D eigenvalue weighted by atomic mass is 10.0. The third-order valence-corrected chi connectivity index (χ3v) is 12.7. The molecule has 0 aliphatic rings. The van der Waals surface area contributed by atoms with Gasteiger partial charge in [0.25, 0.3) is 0 Å². The molecule has 0 fully saturated rings. The monoisotopic (exact) mass is 874 g/mol. The van der Waals surface area contributed by atoms with Crippen LogP contribution in [0.15, 0.2) is 24.3 Å². The molecule has 0 saturated heterocycles. The summed E-state index contributed by atoms with van der Waals surface area (Å²) in [6.07, 6.45) is 61.9. The van der Waals surface area contributed by atoms with E-state index >= 15 is 0 Å². The van der Waals surface area contributed by atoms with Crippen molar-refractivity contribution in [3.63, 3.8) is 0 Å². The number of carbonyl (C=O) groups excluding carboxylic acids is 2. The summed E-state index contributed by atoms with van der Waals surface area (Å²) >= 11 is 0. The first-order valence-corrected chi connectivity index (χ1v) is 27.6. The lowest BCUT2D eigenvalue weighted by molar-refractivity contribution is -0.143. The molecule has 2 unspecified atom stereocenters. The number of carbonyl (C=O) groups is 2. The Morgan fingerprint density at radius 3 is 1.19 bits per heavy atom. The van der Waals surface area contributed by atoms with Crippen LogP contribution in [0.3, 0.4) is 0 Å². The number of hydrogen-bond donors (Lipinski definition) is 3.